The van der Waals surface area contributed by atoms with Crippen molar-refractivity contribution >= 4 is 17.4 Å². The van der Waals surface area contributed by atoms with Crippen LogP contribution in [0.4, 0.5) is 11.5 Å². The summed E-state index contributed by atoms with van der Waals surface area (Å²) in [4.78, 5) is 19.4. The molecule has 1 fully saturated rings. The zero-order valence-corrected chi connectivity index (χ0v) is 16.1. The van der Waals surface area contributed by atoms with E-state index in [1.165, 1.54) is 5.56 Å². The lowest BCUT2D eigenvalue weighted by Gasteiger charge is -2.28. The molecule has 1 aromatic carbocycles. The summed E-state index contributed by atoms with van der Waals surface area (Å²) in [6.07, 6.45) is 0.378. The Labute approximate surface area is 155 Å². The van der Waals surface area contributed by atoms with E-state index in [4.69, 9.17) is 4.74 Å². The fourth-order valence-corrected chi connectivity index (χ4v) is 3.49. The molecule has 1 aliphatic rings. The average Bonchev–Trinajstić information content (AvgIpc) is 2.60. The van der Waals surface area contributed by atoms with Crippen molar-refractivity contribution in [3.05, 3.63) is 52.2 Å². The number of aromatic nitrogens is 1. The van der Waals surface area contributed by atoms with E-state index in [0.29, 0.717) is 6.42 Å². The van der Waals surface area contributed by atoms with Crippen molar-refractivity contribution in [2.75, 3.05) is 36.5 Å². The number of carbonyl (C=O) groups is 1. The second-order valence-electron chi connectivity index (χ2n) is 7.00. The molecule has 26 heavy (non-hydrogen) atoms. The molecule has 1 amide bonds. The smallest absolute Gasteiger partial charge is 0.228 e. The number of carbonyl (C=O) groups excluding carboxylic acids is 1. The number of nitrogens with one attached hydrogen (secondary N) is 1. The van der Waals surface area contributed by atoms with Crippen LogP contribution in [0.25, 0.3) is 0 Å². The van der Waals surface area contributed by atoms with Crippen LogP contribution in [0.5, 0.6) is 0 Å². The van der Waals surface area contributed by atoms with E-state index in [2.05, 4.69) is 48.1 Å². The minimum absolute atomic E-state index is 0.0101. The van der Waals surface area contributed by atoms with Gasteiger partial charge >= 0.3 is 0 Å². The molecule has 0 radical (unpaired) electrons. The summed E-state index contributed by atoms with van der Waals surface area (Å²) in [5.41, 5.74) is 6.26. The minimum Gasteiger partial charge on any atom is -0.378 e. The molecule has 1 aliphatic heterocycles. The van der Waals surface area contributed by atoms with E-state index in [1.54, 1.807) is 0 Å². The predicted octanol–water partition coefficient (Wildman–Crippen LogP) is 3.33. The number of morpholine rings is 1. The van der Waals surface area contributed by atoms with Gasteiger partial charge in [-0.2, -0.15) is 0 Å². The topological polar surface area (TPSA) is 54.5 Å². The maximum atomic E-state index is 12.5. The van der Waals surface area contributed by atoms with E-state index in [1.807, 2.05) is 19.1 Å². The number of nitrogens with zero attached hydrogens (tertiary/aromatic N) is 2. The molecule has 3 rings (SSSR count). The number of amides is 1. The van der Waals surface area contributed by atoms with Crippen LogP contribution < -0.4 is 10.2 Å². The zero-order chi connectivity index (χ0) is 18.7. The van der Waals surface area contributed by atoms with Crippen molar-refractivity contribution in [1.82, 2.24) is 4.98 Å². The van der Waals surface area contributed by atoms with E-state index in [0.717, 1.165) is 60.2 Å². The molecule has 0 atom stereocenters. The molecule has 0 spiro atoms. The van der Waals surface area contributed by atoms with Crippen LogP contribution in [0, 0.1) is 27.7 Å². The van der Waals surface area contributed by atoms with Crippen molar-refractivity contribution in [3.63, 3.8) is 0 Å². The molecule has 0 unspecified atom stereocenters. The summed E-state index contributed by atoms with van der Waals surface area (Å²) >= 11 is 0. The lowest BCUT2D eigenvalue weighted by Crippen LogP contribution is -2.36. The predicted molar refractivity (Wildman–Crippen MR) is 105 cm³/mol. The van der Waals surface area contributed by atoms with Gasteiger partial charge in [0.25, 0.3) is 0 Å². The molecule has 2 heterocycles. The van der Waals surface area contributed by atoms with Gasteiger partial charge in [-0.3, -0.25) is 4.79 Å². The van der Waals surface area contributed by atoms with Gasteiger partial charge in [0.2, 0.25) is 5.91 Å². The van der Waals surface area contributed by atoms with Crippen LogP contribution in [0.15, 0.2) is 24.3 Å². The second-order valence-corrected chi connectivity index (χ2v) is 7.00. The summed E-state index contributed by atoms with van der Waals surface area (Å²) in [5.74, 6) is 0.929. The first-order chi connectivity index (χ1) is 12.4. The Hall–Kier alpha value is -2.40. The van der Waals surface area contributed by atoms with Crippen LogP contribution in [-0.4, -0.2) is 37.2 Å². The van der Waals surface area contributed by atoms with Crippen molar-refractivity contribution < 1.29 is 9.53 Å². The van der Waals surface area contributed by atoms with Gasteiger partial charge in [-0.25, -0.2) is 4.98 Å². The normalized spacial score (nSPS) is 14.4. The minimum atomic E-state index is -0.0101. The quantitative estimate of drug-likeness (QED) is 0.916. The van der Waals surface area contributed by atoms with Crippen molar-refractivity contribution in [1.29, 1.82) is 0 Å². The third kappa shape index (κ3) is 4.22. The molecular formula is C21H27N3O2. The van der Waals surface area contributed by atoms with Crippen LogP contribution in [0.2, 0.25) is 0 Å². The zero-order valence-electron chi connectivity index (χ0n) is 16.1. The maximum absolute atomic E-state index is 12.5. The van der Waals surface area contributed by atoms with Gasteiger partial charge in [0.1, 0.15) is 5.82 Å². The van der Waals surface area contributed by atoms with Crippen molar-refractivity contribution in [2.24, 2.45) is 0 Å². The Morgan fingerprint density at radius 1 is 1.12 bits per heavy atom. The van der Waals surface area contributed by atoms with Gasteiger partial charge in [-0.15, -0.1) is 0 Å². The Morgan fingerprint density at radius 3 is 2.38 bits per heavy atom. The van der Waals surface area contributed by atoms with Crippen molar-refractivity contribution in [3.8, 4) is 0 Å². The first kappa shape index (κ1) is 18.4. The molecule has 0 saturated carbocycles. The van der Waals surface area contributed by atoms with Crippen LogP contribution in [0.3, 0.4) is 0 Å². The van der Waals surface area contributed by atoms with Gasteiger partial charge in [0, 0.05) is 13.1 Å². The Balaban J connectivity index is 1.69. The molecule has 5 heteroatoms. The third-order valence-electron chi connectivity index (χ3n) is 4.86. The number of hydrogen-bond donors (Lipinski definition) is 1. The van der Waals surface area contributed by atoms with Crippen molar-refractivity contribution in [2.45, 2.75) is 34.1 Å². The first-order valence-corrected chi connectivity index (χ1v) is 9.11. The second kappa shape index (κ2) is 7.87. The largest absolute Gasteiger partial charge is 0.378 e. The van der Waals surface area contributed by atoms with Gasteiger partial charge in [-0.1, -0.05) is 17.7 Å². The number of rotatable bonds is 4. The molecule has 1 saturated heterocycles. The number of anilines is 2. The van der Waals surface area contributed by atoms with Gasteiger partial charge in [-0.05, 0) is 56.5 Å². The highest BCUT2D eigenvalue weighted by Crippen LogP contribution is 2.21. The number of aryl methyl sites for hydroxylation is 4. The summed E-state index contributed by atoms with van der Waals surface area (Å²) < 4.78 is 5.38. The van der Waals surface area contributed by atoms with E-state index in [-0.39, 0.29) is 5.91 Å². The highest BCUT2D eigenvalue weighted by molar-refractivity contribution is 5.93. The average molecular weight is 353 g/mol. The lowest BCUT2D eigenvalue weighted by molar-refractivity contribution is -0.115. The SMILES string of the molecule is Cc1cc(C)c(CC(=O)Nc2ccc(N3CCOCC3)nc2C)c(C)c1. The highest BCUT2D eigenvalue weighted by Gasteiger charge is 2.15. The van der Waals surface area contributed by atoms with E-state index in [9.17, 15) is 4.79 Å². The first-order valence-electron chi connectivity index (χ1n) is 9.11. The van der Waals surface area contributed by atoms with Crippen LogP contribution in [-0.2, 0) is 16.0 Å². The molecule has 5 nitrogen and oxygen atoms in total. The van der Waals surface area contributed by atoms with Crippen LogP contribution in [0.1, 0.15) is 27.9 Å². The highest BCUT2D eigenvalue weighted by atomic mass is 16.5. The number of ether oxygens (including phenoxy) is 1. The molecule has 0 aliphatic carbocycles. The fraction of sp³-hybridized carbons (Fsp3) is 0.429. The molecular weight excluding hydrogens is 326 g/mol. The molecule has 1 aromatic heterocycles. The third-order valence-corrected chi connectivity index (χ3v) is 4.86. The summed E-state index contributed by atoms with van der Waals surface area (Å²) in [6.45, 7) is 11.3. The monoisotopic (exact) mass is 353 g/mol. The van der Waals surface area contributed by atoms with Gasteiger partial charge < -0.3 is 15.0 Å². The molecule has 1 N–H and O–H groups in total. The van der Waals surface area contributed by atoms with E-state index >= 15 is 0 Å². The summed E-state index contributed by atoms with van der Waals surface area (Å²) in [6, 6.07) is 8.16. The molecule has 2 aromatic rings. The number of benzene rings is 1. The number of pyridine rings is 1. The fourth-order valence-electron chi connectivity index (χ4n) is 3.49. The van der Waals surface area contributed by atoms with Crippen LogP contribution >= 0.6 is 0 Å². The van der Waals surface area contributed by atoms with Gasteiger partial charge in [0.05, 0.1) is 31.0 Å². The Morgan fingerprint density at radius 2 is 1.77 bits per heavy atom. The van der Waals surface area contributed by atoms with Gasteiger partial charge in [0.15, 0.2) is 0 Å². The number of hydrogen-bond acceptors (Lipinski definition) is 4. The standard InChI is InChI=1S/C21H27N3O2/c1-14-11-15(2)18(16(3)12-14)13-21(25)23-19-5-6-20(22-17(19)4)24-7-9-26-10-8-24/h5-6,11-12H,7-10,13H2,1-4H3,(H,23,25). The Bertz CT molecular complexity index is 788. The summed E-state index contributed by atoms with van der Waals surface area (Å²) in [5, 5.41) is 3.01. The summed E-state index contributed by atoms with van der Waals surface area (Å²) in [7, 11) is 0. The Kier molecular flexibility index (Phi) is 5.57. The molecule has 138 valence electrons. The maximum Gasteiger partial charge on any atom is 0.228 e. The van der Waals surface area contributed by atoms with E-state index < -0.39 is 0 Å². The lowest BCUT2D eigenvalue weighted by atomic mass is 9.97. The molecule has 0 bridgehead atoms.